The number of rotatable bonds is 5. The van der Waals surface area contributed by atoms with Crippen LogP contribution in [0.1, 0.15) is 15.9 Å². The number of hydrogen-bond donors (Lipinski definition) is 2. The maximum Gasteiger partial charge on any atom is 0.416 e. The first-order chi connectivity index (χ1) is 17.3. The third kappa shape index (κ3) is 4.65. The highest BCUT2D eigenvalue weighted by Gasteiger charge is 2.30. The minimum atomic E-state index is -4.43. The Kier molecular flexibility index (Phi) is 5.93. The molecule has 5 rings (SSSR count). The molecule has 2 N–H and O–H groups in total. The Morgan fingerprint density at radius 1 is 0.889 bits per heavy atom. The first kappa shape index (κ1) is 23.2. The number of para-hydroxylation sites is 2. The van der Waals surface area contributed by atoms with Gasteiger partial charge >= 0.3 is 6.18 Å². The van der Waals surface area contributed by atoms with Gasteiger partial charge in [-0.2, -0.15) is 13.2 Å². The molecule has 36 heavy (non-hydrogen) atoms. The van der Waals surface area contributed by atoms with Crippen LogP contribution in [0.15, 0.2) is 91.0 Å². The van der Waals surface area contributed by atoms with Crippen LogP contribution in [0, 0.1) is 0 Å². The second-order valence-electron chi connectivity index (χ2n) is 8.12. The largest absolute Gasteiger partial charge is 0.496 e. The molecule has 0 fully saturated rings. The summed E-state index contributed by atoms with van der Waals surface area (Å²) < 4.78 is 44.2. The van der Waals surface area contributed by atoms with Crippen LogP contribution in [0.3, 0.4) is 0 Å². The van der Waals surface area contributed by atoms with E-state index in [1.54, 1.807) is 30.3 Å². The third-order valence-electron chi connectivity index (χ3n) is 5.79. The van der Waals surface area contributed by atoms with Gasteiger partial charge in [-0.05, 0) is 72.3 Å². The number of nitrogens with zero attached hydrogens (tertiary/aromatic N) is 1. The Hall–Kier alpha value is -4.59. The Labute approximate surface area is 204 Å². The van der Waals surface area contributed by atoms with Gasteiger partial charge in [-0.25, -0.2) is 4.98 Å². The van der Waals surface area contributed by atoms with Gasteiger partial charge in [-0.15, -0.1) is 0 Å². The van der Waals surface area contributed by atoms with Gasteiger partial charge in [0.15, 0.2) is 0 Å². The zero-order chi connectivity index (χ0) is 25.3. The fourth-order valence-electron chi connectivity index (χ4n) is 3.92. The molecule has 0 saturated heterocycles. The van der Waals surface area contributed by atoms with Gasteiger partial charge in [-0.3, -0.25) is 4.79 Å². The number of aromatic amines is 1. The summed E-state index contributed by atoms with van der Waals surface area (Å²) in [6, 6.07) is 24.6. The molecule has 0 spiro atoms. The molecular formula is C28H20F3N3O2. The third-order valence-corrected chi connectivity index (χ3v) is 5.79. The Bertz CT molecular complexity index is 1510. The van der Waals surface area contributed by atoms with Gasteiger partial charge in [0.2, 0.25) is 0 Å². The highest BCUT2D eigenvalue weighted by Crippen LogP contribution is 2.35. The van der Waals surface area contributed by atoms with Crippen molar-refractivity contribution in [3.8, 4) is 28.3 Å². The summed E-state index contributed by atoms with van der Waals surface area (Å²) in [7, 11) is 1.46. The van der Waals surface area contributed by atoms with E-state index in [9.17, 15) is 18.0 Å². The van der Waals surface area contributed by atoms with Gasteiger partial charge in [0, 0.05) is 22.4 Å². The highest BCUT2D eigenvalue weighted by atomic mass is 19.4. The van der Waals surface area contributed by atoms with E-state index in [2.05, 4.69) is 15.3 Å². The SMILES string of the molecule is COc1ccc(C(=O)Nc2ccc(-c3nc4ccccc4[nH]3)cc2)cc1-c1ccc(C(F)(F)F)cc1. The molecule has 0 radical (unpaired) electrons. The number of aromatic nitrogens is 2. The molecule has 0 saturated carbocycles. The Morgan fingerprint density at radius 3 is 2.25 bits per heavy atom. The van der Waals surface area contributed by atoms with Crippen LogP contribution >= 0.6 is 0 Å². The molecule has 0 aliphatic carbocycles. The van der Waals surface area contributed by atoms with E-state index in [1.165, 1.54) is 19.2 Å². The predicted molar refractivity (Wildman–Crippen MR) is 133 cm³/mol. The summed E-state index contributed by atoms with van der Waals surface area (Å²) in [5.41, 5.74) is 3.88. The number of anilines is 1. The molecule has 1 amide bonds. The number of hydrogen-bond acceptors (Lipinski definition) is 3. The molecule has 5 aromatic rings. The number of methoxy groups -OCH3 is 1. The number of halogens is 3. The first-order valence-corrected chi connectivity index (χ1v) is 11.0. The van der Waals surface area contributed by atoms with E-state index in [4.69, 9.17) is 4.74 Å². The fourth-order valence-corrected chi connectivity index (χ4v) is 3.92. The highest BCUT2D eigenvalue weighted by molar-refractivity contribution is 6.05. The van der Waals surface area contributed by atoms with E-state index < -0.39 is 11.7 Å². The van der Waals surface area contributed by atoms with Gasteiger partial charge in [0.1, 0.15) is 11.6 Å². The Balaban J connectivity index is 1.36. The topological polar surface area (TPSA) is 67.0 Å². The fraction of sp³-hybridized carbons (Fsp3) is 0.0714. The lowest BCUT2D eigenvalue weighted by Gasteiger charge is -2.13. The molecule has 0 aliphatic heterocycles. The van der Waals surface area contributed by atoms with Crippen molar-refractivity contribution >= 4 is 22.6 Å². The summed E-state index contributed by atoms with van der Waals surface area (Å²) in [5.74, 6) is 0.814. The molecule has 8 heteroatoms. The molecule has 1 heterocycles. The monoisotopic (exact) mass is 487 g/mol. The number of benzene rings is 4. The van der Waals surface area contributed by atoms with Crippen LogP contribution in [-0.2, 0) is 6.18 Å². The maximum atomic E-state index is 12.9. The van der Waals surface area contributed by atoms with Gasteiger partial charge in [0.25, 0.3) is 5.91 Å². The molecule has 4 aromatic carbocycles. The minimum Gasteiger partial charge on any atom is -0.496 e. The molecule has 5 nitrogen and oxygen atoms in total. The lowest BCUT2D eigenvalue weighted by Crippen LogP contribution is -2.12. The van der Waals surface area contributed by atoms with Crippen molar-refractivity contribution in [1.29, 1.82) is 0 Å². The average molecular weight is 487 g/mol. The second kappa shape index (κ2) is 9.22. The molecule has 0 unspecified atom stereocenters. The standard InChI is InChI=1S/C28H20F3N3O2/c1-36-25-15-10-19(16-22(25)17-6-11-20(12-7-17)28(29,30)31)27(35)32-21-13-8-18(9-14-21)26-33-23-4-2-3-5-24(23)34-26/h2-16H,1H3,(H,32,35)(H,33,34). The van der Waals surface area contributed by atoms with E-state index in [0.717, 1.165) is 34.6 Å². The smallest absolute Gasteiger partial charge is 0.416 e. The molecule has 0 bridgehead atoms. The number of ether oxygens (including phenoxy) is 1. The lowest BCUT2D eigenvalue weighted by atomic mass is 10.00. The van der Waals surface area contributed by atoms with Crippen molar-refractivity contribution in [2.75, 3.05) is 12.4 Å². The zero-order valence-corrected chi connectivity index (χ0v) is 19.1. The van der Waals surface area contributed by atoms with E-state index in [-0.39, 0.29) is 5.91 Å². The van der Waals surface area contributed by atoms with Crippen LogP contribution in [-0.4, -0.2) is 23.0 Å². The minimum absolute atomic E-state index is 0.340. The summed E-state index contributed by atoms with van der Waals surface area (Å²) >= 11 is 0. The molecule has 1 aromatic heterocycles. The van der Waals surface area contributed by atoms with Crippen LogP contribution in [0.25, 0.3) is 33.5 Å². The number of nitrogens with one attached hydrogen (secondary N) is 2. The normalized spacial score (nSPS) is 11.4. The van der Waals surface area contributed by atoms with Crippen LogP contribution in [0.4, 0.5) is 18.9 Å². The lowest BCUT2D eigenvalue weighted by molar-refractivity contribution is -0.137. The van der Waals surface area contributed by atoms with Gasteiger partial charge in [-0.1, -0.05) is 24.3 Å². The van der Waals surface area contributed by atoms with Crippen LogP contribution in [0.2, 0.25) is 0 Å². The van der Waals surface area contributed by atoms with Crippen molar-refractivity contribution < 1.29 is 22.7 Å². The first-order valence-electron chi connectivity index (χ1n) is 11.0. The van der Waals surface area contributed by atoms with Crippen molar-refractivity contribution in [2.24, 2.45) is 0 Å². The zero-order valence-electron chi connectivity index (χ0n) is 19.1. The van der Waals surface area contributed by atoms with Crippen LogP contribution in [0.5, 0.6) is 5.75 Å². The molecule has 0 aliphatic rings. The summed E-state index contributed by atoms with van der Waals surface area (Å²) in [6.07, 6.45) is -4.43. The summed E-state index contributed by atoms with van der Waals surface area (Å²) in [4.78, 5) is 20.8. The van der Waals surface area contributed by atoms with E-state index >= 15 is 0 Å². The van der Waals surface area contributed by atoms with E-state index in [0.29, 0.717) is 28.1 Å². The molecule has 0 atom stereocenters. The van der Waals surface area contributed by atoms with Gasteiger partial charge in [0.05, 0.1) is 23.7 Å². The predicted octanol–water partition coefficient (Wildman–Crippen LogP) is 7.18. The number of carbonyl (C=O) groups excluding carboxylic acids is 1. The van der Waals surface area contributed by atoms with Crippen molar-refractivity contribution in [3.05, 3.63) is 102 Å². The average Bonchev–Trinajstić information content (AvgIpc) is 3.33. The number of fused-ring (bicyclic) bond motifs is 1. The van der Waals surface area contributed by atoms with E-state index in [1.807, 2.05) is 36.4 Å². The number of imidazole rings is 1. The van der Waals surface area contributed by atoms with Crippen LogP contribution < -0.4 is 10.1 Å². The number of amides is 1. The Morgan fingerprint density at radius 2 is 1.58 bits per heavy atom. The molecule has 180 valence electrons. The summed E-state index contributed by atoms with van der Waals surface area (Å²) in [6.45, 7) is 0. The number of carbonyl (C=O) groups is 1. The number of alkyl halides is 3. The quantitative estimate of drug-likeness (QED) is 0.276. The number of H-pyrrole nitrogens is 1. The van der Waals surface area contributed by atoms with Gasteiger partial charge < -0.3 is 15.0 Å². The van der Waals surface area contributed by atoms with Crippen molar-refractivity contribution in [3.63, 3.8) is 0 Å². The second-order valence-corrected chi connectivity index (χ2v) is 8.12. The van der Waals surface area contributed by atoms with Crippen molar-refractivity contribution in [1.82, 2.24) is 9.97 Å². The summed E-state index contributed by atoms with van der Waals surface area (Å²) in [5, 5.41) is 2.85. The maximum absolute atomic E-state index is 12.9. The molecular weight excluding hydrogens is 467 g/mol. The van der Waals surface area contributed by atoms with Crippen molar-refractivity contribution in [2.45, 2.75) is 6.18 Å².